The molecule has 0 N–H and O–H groups in total. The minimum Gasteiger partial charge on any atom is -0.427 e. The Morgan fingerprint density at radius 1 is 0.862 bits per heavy atom. The Morgan fingerprint density at radius 3 is 1.97 bits per heavy atom. The highest BCUT2D eigenvalue weighted by molar-refractivity contribution is 14.1. The summed E-state index contributed by atoms with van der Waals surface area (Å²) in [7, 11) is -4.09. The standard InChI is InChI=1S/C22H18IO4S2/c23-15-5-10-22(24)27-16-11-13-17(14-12-16)28-18-6-1-3-8-20(18)29(25,26)21-9-4-2-7-19(21)28/h1-4,6-9,11-14H,5,10,15H2/q+1. The summed E-state index contributed by atoms with van der Waals surface area (Å²) in [4.78, 5) is 15.1. The van der Waals surface area contributed by atoms with Gasteiger partial charge in [-0.3, -0.25) is 4.79 Å². The third-order valence-corrected chi connectivity index (χ3v) is 9.75. The molecule has 0 bridgehead atoms. The smallest absolute Gasteiger partial charge is 0.311 e. The molecule has 0 amide bonds. The van der Waals surface area contributed by atoms with E-state index in [0.717, 1.165) is 25.5 Å². The summed E-state index contributed by atoms with van der Waals surface area (Å²) < 4.78 is 32.5. The van der Waals surface area contributed by atoms with Crippen LogP contribution in [0.1, 0.15) is 12.8 Å². The van der Waals surface area contributed by atoms with Crippen molar-refractivity contribution in [1.29, 1.82) is 0 Å². The van der Waals surface area contributed by atoms with E-state index in [0.29, 0.717) is 22.0 Å². The quantitative estimate of drug-likeness (QED) is 0.118. The lowest BCUT2D eigenvalue weighted by Gasteiger charge is -2.19. The molecule has 0 atom stereocenters. The van der Waals surface area contributed by atoms with E-state index in [1.165, 1.54) is 0 Å². The van der Waals surface area contributed by atoms with Crippen molar-refractivity contribution in [1.82, 2.24) is 0 Å². The number of halogens is 1. The van der Waals surface area contributed by atoms with E-state index in [-0.39, 0.29) is 5.97 Å². The van der Waals surface area contributed by atoms with E-state index >= 15 is 0 Å². The Labute approximate surface area is 186 Å². The number of benzene rings is 3. The zero-order valence-electron chi connectivity index (χ0n) is 15.4. The average molecular weight is 537 g/mol. The molecule has 0 spiro atoms. The van der Waals surface area contributed by atoms with Gasteiger partial charge >= 0.3 is 5.97 Å². The maximum absolute atomic E-state index is 13.1. The van der Waals surface area contributed by atoms with E-state index in [9.17, 15) is 13.2 Å². The zero-order valence-corrected chi connectivity index (χ0v) is 19.2. The lowest BCUT2D eigenvalue weighted by Crippen LogP contribution is -2.20. The van der Waals surface area contributed by atoms with Crippen molar-refractivity contribution >= 4 is 49.3 Å². The van der Waals surface area contributed by atoms with Crippen LogP contribution in [0.5, 0.6) is 5.75 Å². The molecule has 29 heavy (non-hydrogen) atoms. The Morgan fingerprint density at radius 2 is 1.41 bits per heavy atom. The minimum absolute atomic E-state index is 0.240. The van der Waals surface area contributed by atoms with E-state index in [4.69, 9.17) is 4.74 Å². The molecule has 7 heteroatoms. The van der Waals surface area contributed by atoms with E-state index < -0.39 is 20.7 Å². The van der Waals surface area contributed by atoms with Gasteiger partial charge in [-0.25, -0.2) is 8.42 Å². The summed E-state index contributed by atoms with van der Waals surface area (Å²) in [6, 6.07) is 21.7. The van der Waals surface area contributed by atoms with Crippen LogP contribution in [0.4, 0.5) is 0 Å². The van der Waals surface area contributed by atoms with E-state index in [1.54, 1.807) is 36.4 Å². The predicted molar refractivity (Wildman–Crippen MR) is 121 cm³/mol. The predicted octanol–water partition coefficient (Wildman–Crippen LogP) is 5.05. The maximum Gasteiger partial charge on any atom is 0.311 e. The number of carbonyl (C=O) groups excluding carboxylic acids is 1. The Kier molecular flexibility index (Phi) is 5.98. The van der Waals surface area contributed by atoms with Crippen molar-refractivity contribution in [3.05, 3.63) is 72.8 Å². The van der Waals surface area contributed by atoms with Gasteiger partial charge in [0.25, 0.3) is 0 Å². The third kappa shape index (κ3) is 3.95. The highest BCUT2D eigenvalue weighted by Crippen LogP contribution is 2.44. The third-order valence-electron chi connectivity index (χ3n) is 4.52. The molecule has 3 aromatic rings. The van der Waals surface area contributed by atoms with Crippen LogP contribution in [0.2, 0.25) is 0 Å². The van der Waals surface area contributed by atoms with Crippen LogP contribution in [0, 0.1) is 0 Å². The molecule has 4 rings (SSSR count). The summed E-state index contributed by atoms with van der Waals surface area (Å²) in [6.07, 6.45) is 1.19. The first-order valence-electron chi connectivity index (χ1n) is 9.06. The normalized spacial score (nSPS) is 14.7. The molecule has 3 aromatic carbocycles. The van der Waals surface area contributed by atoms with Gasteiger partial charge in [-0.05, 0) is 55.0 Å². The zero-order chi connectivity index (χ0) is 20.4. The van der Waals surface area contributed by atoms with Crippen LogP contribution in [0.25, 0.3) is 0 Å². The Hall–Kier alpha value is -1.84. The van der Waals surface area contributed by atoms with Crippen molar-refractivity contribution in [2.75, 3.05) is 4.43 Å². The summed E-state index contributed by atoms with van der Waals surface area (Å²) in [5.41, 5.74) is 0. The first-order chi connectivity index (χ1) is 14.0. The van der Waals surface area contributed by atoms with E-state index in [1.807, 2.05) is 36.4 Å². The molecule has 0 saturated carbocycles. The van der Waals surface area contributed by atoms with Gasteiger partial charge in [0.15, 0.2) is 14.7 Å². The van der Waals surface area contributed by atoms with Crippen molar-refractivity contribution in [3.63, 3.8) is 0 Å². The van der Waals surface area contributed by atoms with Crippen molar-refractivity contribution in [2.24, 2.45) is 0 Å². The molecule has 1 heterocycles. The highest BCUT2D eigenvalue weighted by atomic mass is 127. The molecule has 0 aromatic heterocycles. The molecule has 0 saturated heterocycles. The number of carbonyl (C=O) groups is 1. The number of hydrogen-bond donors (Lipinski definition) is 0. The van der Waals surface area contributed by atoms with Crippen LogP contribution in [-0.4, -0.2) is 18.8 Å². The van der Waals surface area contributed by atoms with Crippen LogP contribution in [-0.2, 0) is 25.5 Å². The molecule has 1 aliphatic heterocycles. The minimum atomic E-state index is -3.54. The molecule has 4 nitrogen and oxygen atoms in total. The largest absolute Gasteiger partial charge is 0.427 e. The lowest BCUT2D eigenvalue weighted by molar-refractivity contribution is -0.134. The second kappa shape index (κ2) is 8.49. The molecule has 0 aliphatic carbocycles. The van der Waals surface area contributed by atoms with Gasteiger partial charge in [0.1, 0.15) is 26.4 Å². The second-order valence-corrected chi connectivity index (χ2v) is 11.4. The van der Waals surface area contributed by atoms with Gasteiger partial charge in [-0.2, -0.15) is 0 Å². The Bertz CT molecular complexity index is 1100. The first kappa shape index (κ1) is 20.4. The molecule has 1 aliphatic rings. The van der Waals surface area contributed by atoms with E-state index in [2.05, 4.69) is 22.6 Å². The van der Waals surface area contributed by atoms with Gasteiger partial charge in [0.05, 0.1) is 0 Å². The number of esters is 1. The van der Waals surface area contributed by atoms with Gasteiger partial charge in [-0.1, -0.05) is 46.9 Å². The number of hydrogen-bond acceptors (Lipinski definition) is 4. The molecule has 0 unspecified atom stereocenters. The summed E-state index contributed by atoms with van der Waals surface area (Å²) in [5.74, 6) is 0.262. The van der Waals surface area contributed by atoms with Crippen LogP contribution in [0.15, 0.2) is 97.3 Å². The first-order valence-corrected chi connectivity index (χ1v) is 13.3. The van der Waals surface area contributed by atoms with Gasteiger partial charge in [-0.15, -0.1) is 0 Å². The van der Waals surface area contributed by atoms with Crippen LogP contribution >= 0.6 is 22.6 Å². The number of ether oxygens (including phenoxy) is 1. The summed E-state index contributed by atoms with van der Waals surface area (Å²) in [5, 5.41) is 0. The topological polar surface area (TPSA) is 60.4 Å². The summed E-state index contributed by atoms with van der Waals surface area (Å²) in [6.45, 7) is 0. The monoisotopic (exact) mass is 537 g/mol. The SMILES string of the molecule is O=C(CCCI)Oc1ccc([S+]2c3ccccc3S(=O)(=O)c3ccccc32)cc1. The van der Waals surface area contributed by atoms with Gasteiger partial charge in [0, 0.05) is 10.8 Å². The Balaban J connectivity index is 1.73. The molecule has 0 radical (unpaired) electrons. The molecular weight excluding hydrogens is 519 g/mol. The van der Waals surface area contributed by atoms with Crippen LogP contribution < -0.4 is 4.74 Å². The molecule has 148 valence electrons. The fourth-order valence-corrected chi connectivity index (χ4v) is 8.29. The van der Waals surface area contributed by atoms with Crippen molar-refractivity contribution in [2.45, 2.75) is 37.3 Å². The summed E-state index contributed by atoms with van der Waals surface area (Å²) >= 11 is 2.23. The van der Waals surface area contributed by atoms with Crippen LogP contribution in [0.3, 0.4) is 0 Å². The lowest BCUT2D eigenvalue weighted by atomic mass is 10.3. The average Bonchev–Trinajstić information content (AvgIpc) is 2.74. The fraction of sp³-hybridized carbons (Fsp3) is 0.136. The number of alkyl halides is 1. The molecule has 0 fully saturated rings. The molecular formula is C22H18IO4S2+. The van der Waals surface area contributed by atoms with Gasteiger partial charge < -0.3 is 4.74 Å². The van der Waals surface area contributed by atoms with Crippen molar-refractivity contribution < 1.29 is 17.9 Å². The second-order valence-electron chi connectivity index (χ2n) is 6.44. The highest BCUT2D eigenvalue weighted by Gasteiger charge is 2.44. The van der Waals surface area contributed by atoms with Crippen molar-refractivity contribution in [3.8, 4) is 5.75 Å². The number of fused-ring (bicyclic) bond motifs is 2. The maximum atomic E-state index is 13.1. The number of sulfone groups is 1. The fourth-order valence-electron chi connectivity index (χ4n) is 3.21. The van der Waals surface area contributed by atoms with Gasteiger partial charge in [0.2, 0.25) is 9.84 Å². The number of rotatable bonds is 5.